The van der Waals surface area contributed by atoms with Crippen LogP contribution in [-0.4, -0.2) is 18.2 Å². The minimum Gasteiger partial charge on any atom is -0.482 e. The number of carbonyl (C=O) groups excluding carboxylic acids is 1. The maximum Gasteiger partial charge on any atom is 0.344 e. The zero-order chi connectivity index (χ0) is 13.8. The van der Waals surface area contributed by atoms with Crippen LogP contribution in [0, 0.1) is 0 Å². The van der Waals surface area contributed by atoms with Gasteiger partial charge in [0.15, 0.2) is 6.61 Å². The van der Waals surface area contributed by atoms with Crippen molar-refractivity contribution in [3.8, 4) is 5.75 Å². The van der Waals surface area contributed by atoms with Gasteiger partial charge in [0.2, 0.25) is 0 Å². The molecule has 0 saturated carbocycles. The fourth-order valence-corrected chi connectivity index (χ4v) is 1.38. The molecule has 0 fully saturated rings. The average Bonchev–Trinajstić information content (AvgIpc) is 2.24. The van der Waals surface area contributed by atoms with Gasteiger partial charge in [-0.05, 0) is 45.4 Å². The molecule has 1 unspecified atom stereocenters. The van der Waals surface area contributed by atoms with Crippen molar-refractivity contribution < 1.29 is 14.3 Å². The number of carbonyl (C=O) groups is 1. The first-order chi connectivity index (χ1) is 8.28. The number of hydrogen-bond donors (Lipinski definition) is 1. The maximum atomic E-state index is 11.4. The zero-order valence-corrected chi connectivity index (χ0v) is 11.4. The Morgan fingerprint density at radius 3 is 2.28 bits per heavy atom. The summed E-state index contributed by atoms with van der Waals surface area (Å²) in [4.78, 5) is 11.4. The first kappa shape index (κ1) is 14.5. The summed E-state index contributed by atoms with van der Waals surface area (Å²) >= 11 is 0. The van der Waals surface area contributed by atoms with Gasteiger partial charge in [0.1, 0.15) is 11.4 Å². The van der Waals surface area contributed by atoms with Gasteiger partial charge in [0.05, 0.1) is 0 Å². The Morgan fingerprint density at radius 2 is 1.83 bits per heavy atom. The first-order valence-corrected chi connectivity index (χ1v) is 5.98. The minimum atomic E-state index is -0.487. The standard InChI is InChI=1S/C14H21NO3/c1-10(15)11-5-7-12(8-6-11)17-9-13(16)18-14(2,3)4/h5-8,10H,9,15H2,1-4H3. The first-order valence-electron chi connectivity index (χ1n) is 5.98. The summed E-state index contributed by atoms with van der Waals surface area (Å²) in [5.41, 5.74) is 6.28. The van der Waals surface area contributed by atoms with Crippen molar-refractivity contribution in [1.82, 2.24) is 0 Å². The Hall–Kier alpha value is -1.55. The highest BCUT2D eigenvalue weighted by Gasteiger charge is 2.16. The van der Waals surface area contributed by atoms with Crippen LogP contribution in [0.5, 0.6) is 5.75 Å². The molecule has 4 nitrogen and oxygen atoms in total. The number of nitrogens with two attached hydrogens (primary N) is 1. The molecule has 0 aliphatic rings. The van der Waals surface area contributed by atoms with Crippen molar-refractivity contribution in [2.45, 2.75) is 39.3 Å². The van der Waals surface area contributed by atoms with Gasteiger partial charge in [-0.15, -0.1) is 0 Å². The lowest BCUT2D eigenvalue weighted by Crippen LogP contribution is -2.27. The van der Waals surface area contributed by atoms with E-state index in [1.165, 1.54) is 0 Å². The summed E-state index contributed by atoms with van der Waals surface area (Å²) < 4.78 is 10.5. The number of hydrogen-bond acceptors (Lipinski definition) is 4. The summed E-state index contributed by atoms with van der Waals surface area (Å²) in [6.07, 6.45) is 0. The van der Waals surface area contributed by atoms with Crippen LogP contribution >= 0.6 is 0 Å². The molecule has 100 valence electrons. The fraction of sp³-hybridized carbons (Fsp3) is 0.500. The molecule has 0 bridgehead atoms. The van der Waals surface area contributed by atoms with Gasteiger partial charge in [-0.3, -0.25) is 0 Å². The quantitative estimate of drug-likeness (QED) is 0.835. The van der Waals surface area contributed by atoms with E-state index in [4.69, 9.17) is 15.2 Å². The molecule has 0 spiro atoms. The van der Waals surface area contributed by atoms with Crippen molar-refractivity contribution in [3.63, 3.8) is 0 Å². The third-order valence-electron chi connectivity index (χ3n) is 2.18. The van der Waals surface area contributed by atoms with E-state index >= 15 is 0 Å². The fourth-order valence-electron chi connectivity index (χ4n) is 1.38. The van der Waals surface area contributed by atoms with Gasteiger partial charge in [-0.25, -0.2) is 4.79 Å². The molecule has 1 aromatic rings. The summed E-state index contributed by atoms with van der Waals surface area (Å²) in [6, 6.07) is 7.35. The summed E-state index contributed by atoms with van der Waals surface area (Å²) in [6.45, 7) is 7.29. The topological polar surface area (TPSA) is 61.5 Å². The van der Waals surface area contributed by atoms with E-state index in [1.807, 2.05) is 39.8 Å². The maximum absolute atomic E-state index is 11.4. The Kier molecular flexibility index (Phi) is 4.73. The highest BCUT2D eigenvalue weighted by molar-refractivity contribution is 5.71. The third-order valence-corrected chi connectivity index (χ3v) is 2.18. The molecule has 18 heavy (non-hydrogen) atoms. The van der Waals surface area contributed by atoms with Gasteiger partial charge in [0, 0.05) is 6.04 Å². The van der Waals surface area contributed by atoms with Crippen molar-refractivity contribution in [2.75, 3.05) is 6.61 Å². The van der Waals surface area contributed by atoms with Gasteiger partial charge in [-0.2, -0.15) is 0 Å². The predicted octanol–water partition coefficient (Wildman–Crippen LogP) is 2.43. The summed E-state index contributed by atoms with van der Waals surface area (Å²) in [5, 5.41) is 0. The van der Waals surface area contributed by atoms with Crippen LogP contribution in [0.4, 0.5) is 0 Å². The Labute approximate surface area is 108 Å². The lowest BCUT2D eigenvalue weighted by Gasteiger charge is -2.19. The summed E-state index contributed by atoms with van der Waals surface area (Å²) in [5.74, 6) is 0.254. The van der Waals surface area contributed by atoms with E-state index in [9.17, 15) is 4.79 Å². The normalized spacial score (nSPS) is 12.9. The molecule has 0 aliphatic heterocycles. The highest BCUT2D eigenvalue weighted by atomic mass is 16.6. The van der Waals surface area contributed by atoms with E-state index in [0.29, 0.717) is 5.75 Å². The second-order valence-electron chi connectivity index (χ2n) is 5.23. The summed E-state index contributed by atoms with van der Waals surface area (Å²) in [7, 11) is 0. The van der Waals surface area contributed by atoms with Gasteiger partial charge in [-0.1, -0.05) is 12.1 Å². The van der Waals surface area contributed by atoms with Gasteiger partial charge >= 0.3 is 5.97 Å². The third kappa shape index (κ3) is 5.19. The molecule has 0 amide bonds. The predicted molar refractivity (Wildman–Crippen MR) is 70.4 cm³/mol. The molecule has 0 saturated heterocycles. The van der Waals surface area contributed by atoms with Crippen LogP contribution < -0.4 is 10.5 Å². The Morgan fingerprint density at radius 1 is 1.28 bits per heavy atom. The second kappa shape index (κ2) is 5.87. The SMILES string of the molecule is CC(N)c1ccc(OCC(=O)OC(C)(C)C)cc1. The molecule has 0 heterocycles. The zero-order valence-electron chi connectivity index (χ0n) is 11.4. The van der Waals surface area contributed by atoms with Crippen molar-refractivity contribution >= 4 is 5.97 Å². The number of benzene rings is 1. The van der Waals surface area contributed by atoms with E-state index in [0.717, 1.165) is 5.56 Å². The van der Waals surface area contributed by atoms with E-state index in [2.05, 4.69) is 0 Å². The van der Waals surface area contributed by atoms with E-state index < -0.39 is 5.60 Å². The molecule has 1 atom stereocenters. The van der Waals surface area contributed by atoms with Crippen LogP contribution in [-0.2, 0) is 9.53 Å². The second-order valence-corrected chi connectivity index (χ2v) is 5.23. The largest absolute Gasteiger partial charge is 0.482 e. The molecule has 2 N–H and O–H groups in total. The van der Waals surface area contributed by atoms with Gasteiger partial charge < -0.3 is 15.2 Å². The monoisotopic (exact) mass is 251 g/mol. The minimum absolute atomic E-state index is 0.00935. The van der Waals surface area contributed by atoms with E-state index in [-0.39, 0.29) is 18.6 Å². The van der Waals surface area contributed by atoms with Crippen LogP contribution in [0.2, 0.25) is 0 Å². The van der Waals surface area contributed by atoms with Crippen molar-refractivity contribution in [1.29, 1.82) is 0 Å². The molecular formula is C14H21NO3. The van der Waals surface area contributed by atoms with Crippen LogP contribution in [0.25, 0.3) is 0 Å². The number of ether oxygens (including phenoxy) is 2. The average molecular weight is 251 g/mol. The molecule has 0 radical (unpaired) electrons. The molecule has 0 aliphatic carbocycles. The van der Waals surface area contributed by atoms with Crippen LogP contribution in [0.15, 0.2) is 24.3 Å². The van der Waals surface area contributed by atoms with Gasteiger partial charge in [0.25, 0.3) is 0 Å². The lowest BCUT2D eigenvalue weighted by atomic mass is 10.1. The lowest BCUT2D eigenvalue weighted by molar-refractivity contribution is -0.157. The number of esters is 1. The molecular weight excluding hydrogens is 230 g/mol. The highest BCUT2D eigenvalue weighted by Crippen LogP contribution is 2.16. The molecule has 1 aromatic carbocycles. The Balaban J connectivity index is 2.46. The van der Waals surface area contributed by atoms with E-state index in [1.54, 1.807) is 12.1 Å². The molecule has 0 aromatic heterocycles. The van der Waals surface area contributed by atoms with Crippen molar-refractivity contribution in [2.24, 2.45) is 5.73 Å². The number of rotatable bonds is 4. The van der Waals surface area contributed by atoms with Crippen LogP contribution in [0.1, 0.15) is 39.3 Å². The smallest absolute Gasteiger partial charge is 0.344 e. The van der Waals surface area contributed by atoms with Crippen LogP contribution in [0.3, 0.4) is 0 Å². The van der Waals surface area contributed by atoms with Crippen molar-refractivity contribution in [3.05, 3.63) is 29.8 Å². The molecule has 1 rings (SSSR count). The Bertz CT molecular complexity index is 390. The molecule has 4 heteroatoms.